The molecule has 1 amide bonds. The Bertz CT molecular complexity index is 701. The van der Waals surface area contributed by atoms with Gasteiger partial charge < -0.3 is 10.1 Å². The highest BCUT2D eigenvalue weighted by Crippen LogP contribution is 2.29. The van der Waals surface area contributed by atoms with Crippen molar-refractivity contribution in [1.29, 1.82) is 0 Å². The smallest absolute Gasteiger partial charge is 0.296 e. The Morgan fingerprint density at radius 1 is 1.26 bits per heavy atom. The summed E-state index contributed by atoms with van der Waals surface area (Å²) in [5.41, 5.74) is 1.03. The molecule has 6 nitrogen and oxygen atoms in total. The van der Waals surface area contributed by atoms with E-state index < -0.39 is 4.92 Å². The zero-order valence-corrected chi connectivity index (χ0v) is 13.0. The number of methoxy groups -OCH3 is 1. The number of rotatable bonds is 6. The van der Waals surface area contributed by atoms with Crippen molar-refractivity contribution in [1.82, 2.24) is 0 Å². The van der Waals surface area contributed by atoms with Crippen LogP contribution >= 0.6 is 0 Å². The molecule has 0 aliphatic carbocycles. The Kier molecular flexibility index (Phi) is 5.30. The van der Waals surface area contributed by atoms with Gasteiger partial charge in [0.15, 0.2) is 0 Å². The lowest BCUT2D eigenvalue weighted by atomic mass is 9.97. The molecule has 6 heteroatoms. The van der Waals surface area contributed by atoms with E-state index in [9.17, 15) is 14.9 Å². The van der Waals surface area contributed by atoms with Crippen molar-refractivity contribution in [3.8, 4) is 5.75 Å². The summed E-state index contributed by atoms with van der Waals surface area (Å²) in [6.07, 6.45) is 0.243. The Morgan fingerprint density at radius 3 is 2.57 bits per heavy atom. The fourth-order valence-corrected chi connectivity index (χ4v) is 2.27. The standard InChI is InChI=1S/C17H18N2O4/c1-12(13-6-4-3-5-7-13)10-17(20)18-15-9-8-14(23-2)11-16(15)19(21)22/h3-9,11-12H,10H2,1-2H3,(H,18,20)/t12-/m1/s1. The van der Waals surface area contributed by atoms with Gasteiger partial charge in [-0.05, 0) is 23.6 Å². The van der Waals surface area contributed by atoms with Crippen LogP contribution in [-0.2, 0) is 4.79 Å². The molecule has 2 rings (SSSR count). The van der Waals surface area contributed by atoms with E-state index in [1.807, 2.05) is 37.3 Å². The second-order valence-corrected chi connectivity index (χ2v) is 5.20. The summed E-state index contributed by atoms with van der Waals surface area (Å²) in [6, 6.07) is 14.0. The maximum absolute atomic E-state index is 12.2. The van der Waals surface area contributed by atoms with E-state index >= 15 is 0 Å². The molecule has 2 aromatic rings. The van der Waals surface area contributed by atoms with Crippen LogP contribution in [0.2, 0.25) is 0 Å². The number of nitrogens with zero attached hydrogens (tertiary/aromatic N) is 1. The summed E-state index contributed by atoms with van der Waals surface area (Å²) >= 11 is 0. The lowest BCUT2D eigenvalue weighted by molar-refractivity contribution is -0.384. The number of nitro groups is 1. The first-order valence-corrected chi connectivity index (χ1v) is 7.18. The monoisotopic (exact) mass is 314 g/mol. The molecule has 0 aromatic heterocycles. The van der Waals surface area contributed by atoms with Gasteiger partial charge in [0.1, 0.15) is 11.4 Å². The molecule has 0 fully saturated rings. The summed E-state index contributed by atoms with van der Waals surface area (Å²) in [5.74, 6) is 0.121. The van der Waals surface area contributed by atoms with Crippen molar-refractivity contribution in [2.24, 2.45) is 0 Å². The zero-order valence-electron chi connectivity index (χ0n) is 13.0. The van der Waals surface area contributed by atoms with Gasteiger partial charge >= 0.3 is 0 Å². The van der Waals surface area contributed by atoms with E-state index in [-0.39, 0.29) is 29.6 Å². The first-order valence-electron chi connectivity index (χ1n) is 7.18. The third-order valence-corrected chi connectivity index (χ3v) is 3.54. The SMILES string of the molecule is COc1ccc(NC(=O)C[C@@H](C)c2ccccc2)c([N+](=O)[O-])c1. The summed E-state index contributed by atoms with van der Waals surface area (Å²) in [6.45, 7) is 1.94. The molecule has 0 radical (unpaired) electrons. The second-order valence-electron chi connectivity index (χ2n) is 5.20. The predicted molar refractivity (Wildman–Crippen MR) is 87.8 cm³/mol. The van der Waals surface area contributed by atoms with Crippen LogP contribution in [0.4, 0.5) is 11.4 Å². The molecule has 23 heavy (non-hydrogen) atoms. The van der Waals surface area contributed by atoms with E-state index in [1.54, 1.807) is 6.07 Å². The molecule has 2 aromatic carbocycles. The molecule has 0 aliphatic rings. The van der Waals surface area contributed by atoms with Gasteiger partial charge in [-0.2, -0.15) is 0 Å². The zero-order chi connectivity index (χ0) is 16.8. The molecule has 1 atom stereocenters. The van der Waals surface area contributed by atoms with Gasteiger partial charge in [0.25, 0.3) is 5.69 Å². The molecular formula is C17H18N2O4. The number of carbonyl (C=O) groups excluding carboxylic acids is 1. The minimum Gasteiger partial charge on any atom is -0.496 e. The Hall–Kier alpha value is -2.89. The van der Waals surface area contributed by atoms with E-state index in [0.29, 0.717) is 5.75 Å². The van der Waals surface area contributed by atoms with Crippen molar-refractivity contribution in [2.75, 3.05) is 12.4 Å². The molecule has 1 N–H and O–H groups in total. The van der Waals surface area contributed by atoms with Crippen molar-refractivity contribution < 1.29 is 14.5 Å². The highest BCUT2D eigenvalue weighted by molar-refractivity contribution is 5.93. The Balaban J connectivity index is 2.10. The molecule has 0 saturated carbocycles. The van der Waals surface area contributed by atoms with E-state index in [2.05, 4.69) is 5.32 Å². The summed E-state index contributed by atoms with van der Waals surface area (Å²) in [5, 5.41) is 13.7. The minimum atomic E-state index is -0.543. The first kappa shape index (κ1) is 16.5. The minimum absolute atomic E-state index is 0.0218. The first-order chi connectivity index (χ1) is 11.0. The number of anilines is 1. The molecule has 0 heterocycles. The quantitative estimate of drug-likeness (QED) is 0.650. The Morgan fingerprint density at radius 2 is 1.96 bits per heavy atom. The third kappa shape index (κ3) is 4.29. The maximum atomic E-state index is 12.2. The van der Waals surface area contributed by atoms with Crippen LogP contribution in [-0.4, -0.2) is 17.9 Å². The summed E-state index contributed by atoms with van der Waals surface area (Å²) in [7, 11) is 1.43. The predicted octanol–water partition coefficient (Wildman–Crippen LogP) is 3.74. The van der Waals surface area contributed by atoms with Crippen LogP contribution in [0.1, 0.15) is 24.8 Å². The highest BCUT2D eigenvalue weighted by atomic mass is 16.6. The van der Waals surface area contributed by atoms with Crippen LogP contribution in [0.25, 0.3) is 0 Å². The normalized spacial score (nSPS) is 11.6. The van der Waals surface area contributed by atoms with Crippen molar-refractivity contribution in [3.05, 3.63) is 64.2 Å². The molecule has 0 aliphatic heterocycles. The summed E-state index contributed by atoms with van der Waals surface area (Å²) in [4.78, 5) is 22.7. The number of nitro benzene ring substituents is 1. The van der Waals surface area contributed by atoms with Crippen LogP contribution in [0.5, 0.6) is 5.75 Å². The van der Waals surface area contributed by atoms with Crippen LogP contribution in [0, 0.1) is 10.1 Å². The summed E-state index contributed by atoms with van der Waals surface area (Å²) < 4.78 is 4.97. The molecule has 120 valence electrons. The lowest BCUT2D eigenvalue weighted by Crippen LogP contribution is -2.15. The number of carbonyl (C=O) groups is 1. The number of nitrogens with one attached hydrogen (secondary N) is 1. The fourth-order valence-electron chi connectivity index (χ4n) is 2.27. The fraction of sp³-hybridized carbons (Fsp3) is 0.235. The molecule has 0 spiro atoms. The van der Waals surface area contributed by atoms with Crippen LogP contribution in [0.3, 0.4) is 0 Å². The number of amides is 1. The van der Waals surface area contributed by atoms with Crippen molar-refractivity contribution >= 4 is 17.3 Å². The van der Waals surface area contributed by atoms with Gasteiger partial charge in [0, 0.05) is 6.42 Å². The number of ether oxygens (including phenoxy) is 1. The van der Waals surface area contributed by atoms with E-state index in [0.717, 1.165) is 5.56 Å². The van der Waals surface area contributed by atoms with Crippen molar-refractivity contribution in [2.45, 2.75) is 19.3 Å². The lowest BCUT2D eigenvalue weighted by Gasteiger charge is -2.12. The van der Waals surface area contributed by atoms with Gasteiger partial charge in [0.2, 0.25) is 5.91 Å². The third-order valence-electron chi connectivity index (χ3n) is 3.54. The number of hydrogen-bond acceptors (Lipinski definition) is 4. The second kappa shape index (κ2) is 7.40. The maximum Gasteiger partial charge on any atom is 0.296 e. The van der Waals surface area contributed by atoms with Gasteiger partial charge in [-0.3, -0.25) is 14.9 Å². The number of benzene rings is 2. The highest BCUT2D eigenvalue weighted by Gasteiger charge is 2.18. The number of hydrogen-bond donors (Lipinski definition) is 1. The molecule has 0 bridgehead atoms. The topological polar surface area (TPSA) is 81.5 Å². The van der Waals surface area contributed by atoms with Crippen molar-refractivity contribution in [3.63, 3.8) is 0 Å². The van der Waals surface area contributed by atoms with Gasteiger partial charge in [-0.1, -0.05) is 37.3 Å². The van der Waals surface area contributed by atoms with E-state index in [4.69, 9.17) is 4.74 Å². The average Bonchev–Trinajstić information content (AvgIpc) is 2.55. The molecule has 0 saturated heterocycles. The van der Waals surface area contributed by atoms with Gasteiger partial charge in [0.05, 0.1) is 18.1 Å². The largest absolute Gasteiger partial charge is 0.496 e. The molecular weight excluding hydrogens is 296 g/mol. The average molecular weight is 314 g/mol. The van der Waals surface area contributed by atoms with E-state index in [1.165, 1.54) is 19.2 Å². The van der Waals surface area contributed by atoms with Crippen LogP contribution < -0.4 is 10.1 Å². The van der Waals surface area contributed by atoms with Crippen LogP contribution in [0.15, 0.2) is 48.5 Å². The molecule has 0 unspecified atom stereocenters. The van der Waals surface area contributed by atoms with Gasteiger partial charge in [-0.15, -0.1) is 0 Å². The Labute approximate surface area is 134 Å². The van der Waals surface area contributed by atoms with Gasteiger partial charge in [-0.25, -0.2) is 0 Å².